The standard InChI is InChI=1S/C15H18N4OS/c1-2-20-13-7-3-6-12-14(13)17-15(21)19(12)11-5-10-18-9-4-8-16-18/h3-4,6-9H,2,5,10-11H2,1H3,(H,17,21). The van der Waals surface area contributed by atoms with E-state index in [4.69, 9.17) is 17.0 Å². The van der Waals surface area contributed by atoms with Crippen molar-refractivity contribution >= 4 is 23.3 Å². The number of para-hydroxylation sites is 1. The number of nitrogens with zero attached hydrogens (tertiary/aromatic N) is 3. The summed E-state index contributed by atoms with van der Waals surface area (Å²) in [5, 5.41) is 4.21. The quantitative estimate of drug-likeness (QED) is 0.710. The maximum absolute atomic E-state index is 5.65. The van der Waals surface area contributed by atoms with Gasteiger partial charge in [-0.2, -0.15) is 5.10 Å². The summed E-state index contributed by atoms with van der Waals surface area (Å²) in [6, 6.07) is 7.97. The lowest BCUT2D eigenvalue weighted by Gasteiger charge is -2.07. The maximum atomic E-state index is 5.65. The van der Waals surface area contributed by atoms with E-state index >= 15 is 0 Å². The van der Waals surface area contributed by atoms with Gasteiger partial charge in [-0.05, 0) is 43.8 Å². The first-order valence-electron chi connectivity index (χ1n) is 7.11. The topological polar surface area (TPSA) is 47.8 Å². The Kier molecular flexibility index (Phi) is 4.06. The lowest BCUT2D eigenvalue weighted by atomic mass is 10.3. The summed E-state index contributed by atoms with van der Waals surface area (Å²) in [5.74, 6) is 0.854. The van der Waals surface area contributed by atoms with Gasteiger partial charge in [0.15, 0.2) is 4.77 Å². The molecule has 0 spiro atoms. The number of hydrogen-bond acceptors (Lipinski definition) is 3. The zero-order chi connectivity index (χ0) is 14.7. The average molecular weight is 302 g/mol. The molecule has 2 aromatic heterocycles. The van der Waals surface area contributed by atoms with E-state index in [0.29, 0.717) is 6.61 Å². The molecule has 0 aliphatic heterocycles. The van der Waals surface area contributed by atoms with Crippen LogP contribution in [0.5, 0.6) is 5.75 Å². The van der Waals surface area contributed by atoms with Crippen molar-refractivity contribution < 1.29 is 4.74 Å². The third-order valence-corrected chi connectivity index (χ3v) is 3.72. The second kappa shape index (κ2) is 6.13. The van der Waals surface area contributed by atoms with Crippen molar-refractivity contribution in [2.75, 3.05) is 6.61 Å². The Morgan fingerprint density at radius 2 is 2.19 bits per heavy atom. The summed E-state index contributed by atoms with van der Waals surface area (Å²) >= 11 is 5.44. The molecule has 1 aromatic carbocycles. The van der Waals surface area contributed by atoms with E-state index in [0.717, 1.165) is 41.1 Å². The fourth-order valence-corrected chi connectivity index (χ4v) is 2.77. The van der Waals surface area contributed by atoms with Gasteiger partial charge in [0.05, 0.1) is 12.1 Å². The van der Waals surface area contributed by atoms with Crippen molar-refractivity contribution in [3.8, 4) is 5.75 Å². The molecule has 0 unspecified atom stereocenters. The molecule has 0 atom stereocenters. The van der Waals surface area contributed by atoms with E-state index in [2.05, 4.69) is 20.7 Å². The molecule has 3 rings (SSSR count). The number of rotatable bonds is 6. The first kappa shape index (κ1) is 13.9. The molecule has 0 radical (unpaired) electrons. The number of imidazole rings is 1. The predicted molar refractivity (Wildman–Crippen MR) is 85.1 cm³/mol. The number of nitrogens with one attached hydrogen (secondary N) is 1. The van der Waals surface area contributed by atoms with Gasteiger partial charge in [0.2, 0.25) is 0 Å². The Morgan fingerprint density at radius 1 is 1.29 bits per heavy atom. The summed E-state index contributed by atoms with van der Waals surface area (Å²) in [6.07, 6.45) is 4.75. The number of fused-ring (bicyclic) bond motifs is 1. The molecule has 5 nitrogen and oxygen atoms in total. The molecule has 0 amide bonds. The molecule has 2 heterocycles. The summed E-state index contributed by atoms with van der Waals surface area (Å²) in [6.45, 7) is 4.36. The molecule has 110 valence electrons. The van der Waals surface area contributed by atoms with Crippen LogP contribution >= 0.6 is 12.2 Å². The van der Waals surface area contributed by atoms with E-state index in [-0.39, 0.29) is 0 Å². The smallest absolute Gasteiger partial charge is 0.178 e. The fraction of sp³-hybridized carbons (Fsp3) is 0.333. The largest absolute Gasteiger partial charge is 0.492 e. The van der Waals surface area contributed by atoms with Crippen LogP contribution in [0.2, 0.25) is 0 Å². The molecule has 1 N–H and O–H groups in total. The van der Waals surface area contributed by atoms with Crippen molar-refractivity contribution in [2.45, 2.75) is 26.4 Å². The predicted octanol–water partition coefficient (Wildman–Crippen LogP) is 3.38. The van der Waals surface area contributed by atoms with Crippen LogP contribution in [0, 0.1) is 4.77 Å². The number of aryl methyl sites for hydroxylation is 2. The van der Waals surface area contributed by atoms with Crippen LogP contribution in [-0.4, -0.2) is 25.9 Å². The number of benzene rings is 1. The average Bonchev–Trinajstić information content (AvgIpc) is 3.09. The minimum absolute atomic E-state index is 0.643. The first-order valence-corrected chi connectivity index (χ1v) is 7.52. The van der Waals surface area contributed by atoms with Gasteiger partial charge in [-0.15, -0.1) is 0 Å². The zero-order valence-electron chi connectivity index (χ0n) is 12.0. The number of aromatic nitrogens is 4. The molecule has 0 saturated heterocycles. The molecule has 3 aromatic rings. The number of ether oxygens (including phenoxy) is 1. The van der Waals surface area contributed by atoms with Gasteiger partial charge in [-0.3, -0.25) is 4.68 Å². The molecular weight excluding hydrogens is 284 g/mol. The molecule has 6 heteroatoms. The third-order valence-electron chi connectivity index (χ3n) is 3.40. The molecule has 0 saturated carbocycles. The van der Waals surface area contributed by atoms with E-state index < -0.39 is 0 Å². The molecule has 21 heavy (non-hydrogen) atoms. The highest BCUT2D eigenvalue weighted by Crippen LogP contribution is 2.25. The highest BCUT2D eigenvalue weighted by Gasteiger charge is 2.08. The summed E-state index contributed by atoms with van der Waals surface area (Å²) < 4.78 is 10.4. The van der Waals surface area contributed by atoms with Gasteiger partial charge in [0, 0.05) is 25.5 Å². The minimum atomic E-state index is 0.643. The molecule has 0 fully saturated rings. The van der Waals surface area contributed by atoms with Crippen LogP contribution in [0.3, 0.4) is 0 Å². The Morgan fingerprint density at radius 3 is 2.95 bits per heavy atom. The van der Waals surface area contributed by atoms with Crippen molar-refractivity contribution in [3.05, 3.63) is 41.4 Å². The summed E-state index contributed by atoms with van der Waals surface area (Å²) in [5.41, 5.74) is 2.06. The third kappa shape index (κ3) is 2.85. The van der Waals surface area contributed by atoms with Gasteiger partial charge < -0.3 is 14.3 Å². The van der Waals surface area contributed by atoms with Crippen molar-refractivity contribution in [1.82, 2.24) is 19.3 Å². The van der Waals surface area contributed by atoms with Crippen LogP contribution in [0.1, 0.15) is 13.3 Å². The van der Waals surface area contributed by atoms with E-state index in [9.17, 15) is 0 Å². The Labute approximate surface area is 128 Å². The van der Waals surface area contributed by atoms with Crippen molar-refractivity contribution in [1.29, 1.82) is 0 Å². The number of hydrogen-bond donors (Lipinski definition) is 1. The Hall–Kier alpha value is -2.08. The van der Waals surface area contributed by atoms with E-state index in [1.54, 1.807) is 6.20 Å². The lowest BCUT2D eigenvalue weighted by Crippen LogP contribution is -2.04. The van der Waals surface area contributed by atoms with E-state index in [1.165, 1.54) is 0 Å². The van der Waals surface area contributed by atoms with Crippen LogP contribution in [0.15, 0.2) is 36.7 Å². The summed E-state index contributed by atoms with van der Waals surface area (Å²) in [4.78, 5) is 3.25. The molecular formula is C15H18N4OS. The fourth-order valence-electron chi connectivity index (χ4n) is 2.48. The van der Waals surface area contributed by atoms with Crippen LogP contribution in [0.25, 0.3) is 11.0 Å². The van der Waals surface area contributed by atoms with Crippen LogP contribution in [0.4, 0.5) is 0 Å². The Balaban J connectivity index is 1.83. The number of H-pyrrole nitrogens is 1. The normalized spacial score (nSPS) is 11.1. The summed E-state index contributed by atoms with van der Waals surface area (Å²) in [7, 11) is 0. The number of aromatic amines is 1. The SMILES string of the molecule is CCOc1cccc2c1[nH]c(=S)n2CCCn1cccn1. The van der Waals surface area contributed by atoms with E-state index in [1.807, 2.05) is 36.0 Å². The van der Waals surface area contributed by atoms with Crippen molar-refractivity contribution in [3.63, 3.8) is 0 Å². The zero-order valence-corrected chi connectivity index (χ0v) is 12.8. The van der Waals surface area contributed by atoms with Gasteiger partial charge >= 0.3 is 0 Å². The Bertz CT molecular complexity index is 773. The van der Waals surface area contributed by atoms with Gasteiger partial charge in [-0.1, -0.05) is 6.07 Å². The van der Waals surface area contributed by atoms with Crippen molar-refractivity contribution in [2.24, 2.45) is 0 Å². The highest BCUT2D eigenvalue weighted by atomic mass is 32.1. The second-order valence-electron chi connectivity index (χ2n) is 4.79. The monoisotopic (exact) mass is 302 g/mol. The van der Waals surface area contributed by atoms with Crippen LogP contribution in [-0.2, 0) is 13.1 Å². The van der Waals surface area contributed by atoms with Gasteiger partial charge in [0.1, 0.15) is 11.3 Å². The lowest BCUT2D eigenvalue weighted by molar-refractivity contribution is 0.343. The van der Waals surface area contributed by atoms with Crippen LogP contribution < -0.4 is 4.74 Å². The van der Waals surface area contributed by atoms with Gasteiger partial charge in [0.25, 0.3) is 0 Å². The first-order chi connectivity index (χ1) is 10.3. The highest BCUT2D eigenvalue weighted by molar-refractivity contribution is 7.71. The minimum Gasteiger partial charge on any atom is -0.492 e. The maximum Gasteiger partial charge on any atom is 0.178 e. The van der Waals surface area contributed by atoms with Gasteiger partial charge in [-0.25, -0.2) is 0 Å². The molecule has 0 aliphatic rings. The molecule has 0 bridgehead atoms. The second-order valence-corrected chi connectivity index (χ2v) is 5.17. The molecule has 0 aliphatic carbocycles.